The summed E-state index contributed by atoms with van der Waals surface area (Å²) >= 11 is 5.09. The number of hydrogen-bond donors (Lipinski definition) is 0. The lowest BCUT2D eigenvalue weighted by molar-refractivity contribution is 0.267. The maximum absolute atomic E-state index is 13.0. The highest BCUT2D eigenvalue weighted by molar-refractivity contribution is 9.10. The van der Waals surface area contributed by atoms with Crippen LogP contribution in [0.4, 0.5) is 0 Å². The molecule has 1 aliphatic heterocycles. The van der Waals surface area contributed by atoms with Crippen molar-refractivity contribution in [3.05, 3.63) is 76.7 Å². The highest BCUT2D eigenvalue weighted by atomic mass is 79.9. The fourth-order valence-electron chi connectivity index (χ4n) is 4.06. The summed E-state index contributed by atoms with van der Waals surface area (Å²) in [7, 11) is 0. The van der Waals surface area contributed by atoms with E-state index in [0.717, 1.165) is 26.9 Å². The van der Waals surface area contributed by atoms with Gasteiger partial charge in [0.15, 0.2) is 16.3 Å². The van der Waals surface area contributed by atoms with Gasteiger partial charge in [0.2, 0.25) is 0 Å². The van der Waals surface area contributed by atoms with Gasteiger partial charge in [-0.05, 0) is 66.0 Å². The van der Waals surface area contributed by atoms with Crippen molar-refractivity contribution in [1.82, 2.24) is 4.57 Å². The summed E-state index contributed by atoms with van der Waals surface area (Å²) in [5.41, 5.74) is 4.41. The van der Waals surface area contributed by atoms with Crippen molar-refractivity contribution in [3.8, 4) is 11.5 Å². The van der Waals surface area contributed by atoms with E-state index >= 15 is 0 Å². The van der Waals surface area contributed by atoms with E-state index in [9.17, 15) is 4.79 Å². The van der Waals surface area contributed by atoms with E-state index in [0.29, 0.717) is 35.8 Å². The summed E-state index contributed by atoms with van der Waals surface area (Å²) in [6, 6.07) is 10.3. The van der Waals surface area contributed by atoms with Gasteiger partial charge in [-0.1, -0.05) is 54.5 Å². The Labute approximate surface area is 206 Å². The predicted octanol–water partition coefficient (Wildman–Crippen LogP) is 4.76. The number of aryl methyl sites for hydroxylation is 2. The normalized spacial score (nSPS) is 15.2. The quantitative estimate of drug-likeness (QED) is 0.463. The smallest absolute Gasteiger partial charge is 0.270 e. The monoisotopic (exact) mass is 528 g/mol. The molecule has 0 bridgehead atoms. The lowest BCUT2D eigenvalue weighted by atomic mass is 9.93. The van der Waals surface area contributed by atoms with Crippen LogP contribution in [-0.4, -0.2) is 17.7 Å². The van der Waals surface area contributed by atoms with Crippen molar-refractivity contribution in [1.29, 1.82) is 0 Å². The van der Waals surface area contributed by atoms with Crippen molar-refractivity contribution < 1.29 is 9.47 Å². The lowest BCUT2D eigenvalue weighted by Crippen LogP contribution is -2.41. The summed E-state index contributed by atoms with van der Waals surface area (Å²) in [6.45, 7) is 12.8. The first kappa shape index (κ1) is 23.8. The predicted molar refractivity (Wildman–Crippen MR) is 137 cm³/mol. The Hall–Kier alpha value is -2.38. The third kappa shape index (κ3) is 5.41. The van der Waals surface area contributed by atoms with Crippen LogP contribution in [0.2, 0.25) is 0 Å². The maximum atomic E-state index is 13.0. The van der Waals surface area contributed by atoms with Gasteiger partial charge in [0.25, 0.3) is 5.56 Å². The van der Waals surface area contributed by atoms with Crippen LogP contribution in [0.5, 0.6) is 11.5 Å². The standard InChI is InChI=1S/C26H29BrN2O3S/c1-6-31-21-11-18(12-22-24(30)29-15-26(4,5)14-28-25(29)33-22)10-20(27)23(21)32-13-19-8-16(2)7-17(3)9-19/h7-12H,6,13-15H2,1-5H3/b22-12-. The van der Waals surface area contributed by atoms with E-state index < -0.39 is 0 Å². The lowest BCUT2D eigenvalue weighted by Gasteiger charge is -2.25. The summed E-state index contributed by atoms with van der Waals surface area (Å²) in [5, 5.41) is 0. The Balaban J connectivity index is 1.68. The van der Waals surface area contributed by atoms with Crippen LogP contribution >= 0.6 is 27.3 Å². The molecule has 2 aromatic carbocycles. The molecule has 0 radical (unpaired) electrons. The fourth-order valence-corrected chi connectivity index (χ4v) is 5.61. The average Bonchev–Trinajstić information content (AvgIpc) is 3.01. The van der Waals surface area contributed by atoms with E-state index in [2.05, 4.69) is 66.8 Å². The maximum Gasteiger partial charge on any atom is 0.270 e. The summed E-state index contributed by atoms with van der Waals surface area (Å²) in [5.74, 6) is 1.31. The molecule has 1 aliphatic rings. The van der Waals surface area contributed by atoms with Crippen LogP contribution in [0.1, 0.15) is 43.0 Å². The zero-order valence-corrected chi connectivity index (χ0v) is 22.1. The van der Waals surface area contributed by atoms with Gasteiger partial charge in [-0.3, -0.25) is 14.4 Å². The van der Waals surface area contributed by atoms with Crippen LogP contribution in [0, 0.1) is 19.3 Å². The molecule has 1 aromatic heterocycles. The van der Waals surface area contributed by atoms with E-state index in [1.54, 1.807) is 4.57 Å². The molecule has 0 unspecified atom stereocenters. The average molecular weight is 530 g/mol. The molecule has 0 aliphatic carbocycles. The minimum atomic E-state index is -0.00481. The topological polar surface area (TPSA) is 52.8 Å². The first-order valence-electron chi connectivity index (χ1n) is 11.1. The van der Waals surface area contributed by atoms with Crippen LogP contribution in [0.15, 0.2) is 44.6 Å². The van der Waals surface area contributed by atoms with E-state index in [1.165, 1.54) is 22.5 Å². The van der Waals surface area contributed by atoms with E-state index in [-0.39, 0.29) is 11.0 Å². The van der Waals surface area contributed by atoms with Crippen LogP contribution in [-0.2, 0) is 13.2 Å². The number of halogens is 1. The van der Waals surface area contributed by atoms with Crippen LogP contribution in [0.3, 0.4) is 0 Å². The largest absolute Gasteiger partial charge is 0.490 e. The molecule has 5 nitrogen and oxygen atoms in total. The Bertz CT molecular complexity index is 1350. The van der Waals surface area contributed by atoms with Gasteiger partial charge in [-0.2, -0.15) is 0 Å². The molecule has 0 N–H and O–H groups in total. The first-order chi connectivity index (χ1) is 15.6. The number of ether oxygens (including phenoxy) is 2. The van der Waals surface area contributed by atoms with Gasteiger partial charge < -0.3 is 9.47 Å². The third-order valence-corrected chi connectivity index (χ3v) is 7.04. The molecule has 0 saturated carbocycles. The van der Waals surface area contributed by atoms with Crippen molar-refractivity contribution in [3.63, 3.8) is 0 Å². The summed E-state index contributed by atoms with van der Waals surface area (Å²) in [6.07, 6.45) is 1.90. The summed E-state index contributed by atoms with van der Waals surface area (Å²) in [4.78, 5) is 18.4. The van der Waals surface area contributed by atoms with Gasteiger partial charge in [-0.25, -0.2) is 0 Å². The van der Waals surface area contributed by atoms with Gasteiger partial charge in [0.1, 0.15) is 6.61 Å². The second-order valence-corrected chi connectivity index (χ2v) is 11.2. The fraction of sp³-hybridized carbons (Fsp3) is 0.385. The van der Waals surface area contributed by atoms with Gasteiger partial charge in [0, 0.05) is 18.5 Å². The second-order valence-electron chi connectivity index (χ2n) is 9.31. The number of thiazole rings is 1. The molecule has 4 rings (SSSR count). The van der Waals surface area contributed by atoms with E-state index in [4.69, 9.17) is 9.47 Å². The number of nitrogens with zero attached hydrogens (tertiary/aromatic N) is 2. The number of aromatic nitrogens is 1. The minimum absolute atomic E-state index is 0.00481. The molecule has 3 aromatic rings. The van der Waals surface area contributed by atoms with Crippen molar-refractivity contribution >= 4 is 33.3 Å². The Morgan fingerprint density at radius 3 is 2.58 bits per heavy atom. The second kappa shape index (κ2) is 9.47. The zero-order chi connectivity index (χ0) is 23.8. The van der Waals surface area contributed by atoms with Gasteiger partial charge in [-0.15, -0.1) is 0 Å². The SMILES string of the molecule is CCOc1cc(/C=c2\sc3n(c2=O)CC(C)(C)CN=3)cc(Br)c1OCc1cc(C)cc(C)c1. The molecule has 174 valence electrons. The molecule has 0 atom stereocenters. The molecule has 0 amide bonds. The Morgan fingerprint density at radius 2 is 1.88 bits per heavy atom. The minimum Gasteiger partial charge on any atom is -0.490 e. The molecular formula is C26H29BrN2O3S. The van der Waals surface area contributed by atoms with Crippen molar-refractivity contribution in [2.24, 2.45) is 10.4 Å². The zero-order valence-electron chi connectivity index (χ0n) is 19.7. The first-order valence-corrected chi connectivity index (χ1v) is 12.7. The number of benzene rings is 2. The van der Waals surface area contributed by atoms with Crippen LogP contribution in [0.25, 0.3) is 6.08 Å². The Kier molecular flexibility index (Phi) is 6.82. The Morgan fingerprint density at radius 1 is 1.15 bits per heavy atom. The molecule has 0 saturated heterocycles. The van der Waals surface area contributed by atoms with Crippen molar-refractivity contribution in [2.75, 3.05) is 13.2 Å². The molecular weight excluding hydrogens is 500 g/mol. The highest BCUT2D eigenvalue weighted by Crippen LogP contribution is 2.37. The summed E-state index contributed by atoms with van der Waals surface area (Å²) < 4.78 is 15.3. The highest BCUT2D eigenvalue weighted by Gasteiger charge is 2.24. The molecule has 0 spiro atoms. The third-order valence-electron chi connectivity index (χ3n) is 5.41. The van der Waals surface area contributed by atoms with Gasteiger partial charge in [0.05, 0.1) is 15.6 Å². The number of rotatable bonds is 6. The molecule has 2 heterocycles. The number of hydrogen-bond acceptors (Lipinski definition) is 5. The van der Waals surface area contributed by atoms with Crippen molar-refractivity contribution in [2.45, 2.75) is 47.8 Å². The number of fused-ring (bicyclic) bond motifs is 1. The molecule has 33 heavy (non-hydrogen) atoms. The van der Waals surface area contributed by atoms with Crippen LogP contribution < -0.4 is 24.4 Å². The molecule has 7 heteroatoms. The molecule has 0 fully saturated rings. The van der Waals surface area contributed by atoms with Gasteiger partial charge >= 0.3 is 0 Å². The van der Waals surface area contributed by atoms with E-state index in [1.807, 2.05) is 25.1 Å².